The predicted molar refractivity (Wildman–Crippen MR) is 89.7 cm³/mol. The fourth-order valence-electron chi connectivity index (χ4n) is 2.55. The third-order valence-corrected chi connectivity index (χ3v) is 3.75. The van der Waals surface area contributed by atoms with Crippen LogP contribution in [0.1, 0.15) is 24.8 Å². The van der Waals surface area contributed by atoms with E-state index in [4.69, 9.17) is 9.47 Å². The van der Waals surface area contributed by atoms with Crippen molar-refractivity contribution in [3.05, 3.63) is 29.8 Å². The van der Waals surface area contributed by atoms with Crippen molar-refractivity contribution in [2.75, 3.05) is 33.9 Å². The van der Waals surface area contributed by atoms with E-state index >= 15 is 0 Å². The van der Waals surface area contributed by atoms with E-state index in [-0.39, 0.29) is 6.10 Å². The minimum Gasteiger partial charge on any atom is -0.488 e. The SMILES string of the molecule is CN=C(NCCCCCOC)NCC1Cc2ccccc2O1. The summed E-state index contributed by atoms with van der Waals surface area (Å²) in [6.07, 6.45) is 4.53. The Bertz CT molecular complexity index is 452. The second-order valence-corrected chi connectivity index (χ2v) is 5.49. The monoisotopic (exact) mass is 305 g/mol. The summed E-state index contributed by atoms with van der Waals surface area (Å²) in [6, 6.07) is 8.23. The lowest BCUT2D eigenvalue weighted by Crippen LogP contribution is -2.42. The first-order chi connectivity index (χ1) is 10.8. The molecule has 1 atom stereocenters. The van der Waals surface area contributed by atoms with Crippen LogP contribution in [0.25, 0.3) is 0 Å². The molecule has 0 aromatic heterocycles. The number of nitrogens with zero attached hydrogens (tertiary/aromatic N) is 1. The van der Waals surface area contributed by atoms with Crippen LogP contribution >= 0.6 is 0 Å². The Hall–Kier alpha value is -1.75. The molecule has 0 aliphatic carbocycles. The van der Waals surface area contributed by atoms with Crippen molar-refractivity contribution in [2.24, 2.45) is 4.99 Å². The van der Waals surface area contributed by atoms with Gasteiger partial charge in [0.2, 0.25) is 0 Å². The van der Waals surface area contributed by atoms with Crippen molar-refractivity contribution < 1.29 is 9.47 Å². The number of ether oxygens (including phenoxy) is 2. The van der Waals surface area contributed by atoms with Crippen LogP contribution in [0.5, 0.6) is 5.75 Å². The molecule has 2 rings (SSSR count). The van der Waals surface area contributed by atoms with Gasteiger partial charge < -0.3 is 20.1 Å². The number of guanidine groups is 1. The van der Waals surface area contributed by atoms with Crippen LogP contribution in [-0.4, -0.2) is 45.9 Å². The van der Waals surface area contributed by atoms with E-state index in [1.807, 2.05) is 12.1 Å². The molecule has 1 aromatic rings. The fraction of sp³-hybridized carbons (Fsp3) is 0.588. The number of fused-ring (bicyclic) bond motifs is 1. The quantitative estimate of drug-likeness (QED) is 0.438. The highest BCUT2D eigenvalue weighted by Crippen LogP contribution is 2.27. The van der Waals surface area contributed by atoms with Crippen LogP contribution in [0.4, 0.5) is 0 Å². The lowest BCUT2D eigenvalue weighted by Gasteiger charge is -2.15. The summed E-state index contributed by atoms with van der Waals surface area (Å²) < 4.78 is 11.0. The van der Waals surface area contributed by atoms with E-state index in [0.717, 1.165) is 50.7 Å². The second-order valence-electron chi connectivity index (χ2n) is 5.49. The van der Waals surface area contributed by atoms with Gasteiger partial charge in [-0.2, -0.15) is 0 Å². The van der Waals surface area contributed by atoms with Gasteiger partial charge >= 0.3 is 0 Å². The normalized spacial score (nSPS) is 17.0. The van der Waals surface area contributed by atoms with Gasteiger partial charge in [-0.05, 0) is 30.9 Å². The Kier molecular flexibility index (Phi) is 7.03. The molecule has 0 bridgehead atoms. The minimum absolute atomic E-state index is 0.178. The third-order valence-electron chi connectivity index (χ3n) is 3.75. The van der Waals surface area contributed by atoms with E-state index in [1.54, 1.807) is 14.2 Å². The molecule has 1 aliphatic heterocycles. The molecule has 0 radical (unpaired) electrons. The van der Waals surface area contributed by atoms with Gasteiger partial charge in [-0.3, -0.25) is 4.99 Å². The molecule has 2 N–H and O–H groups in total. The van der Waals surface area contributed by atoms with Gasteiger partial charge in [0.1, 0.15) is 11.9 Å². The first kappa shape index (κ1) is 16.6. The number of para-hydroxylation sites is 1. The number of hydrogen-bond acceptors (Lipinski definition) is 3. The zero-order valence-electron chi connectivity index (χ0n) is 13.6. The molecule has 22 heavy (non-hydrogen) atoms. The van der Waals surface area contributed by atoms with Gasteiger partial charge in [-0.1, -0.05) is 18.2 Å². The lowest BCUT2D eigenvalue weighted by atomic mass is 10.1. The maximum absolute atomic E-state index is 5.91. The second kappa shape index (κ2) is 9.30. The molecule has 1 aromatic carbocycles. The van der Waals surface area contributed by atoms with E-state index < -0.39 is 0 Å². The standard InChI is InChI=1S/C17H27N3O2/c1-18-17(19-10-6-3-7-11-21-2)20-13-15-12-14-8-4-5-9-16(14)22-15/h4-5,8-9,15H,3,6-7,10-13H2,1-2H3,(H2,18,19,20). The number of benzene rings is 1. The average molecular weight is 305 g/mol. The van der Waals surface area contributed by atoms with E-state index in [2.05, 4.69) is 27.8 Å². The number of aliphatic imine (C=N–C) groups is 1. The minimum atomic E-state index is 0.178. The molecular weight excluding hydrogens is 278 g/mol. The number of nitrogens with one attached hydrogen (secondary N) is 2. The third kappa shape index (κ3) is 5.22. The van der Waals surface area contributed by atoms with Crippen molar-refractivity contribution in [1.82, 2.24) is 10.6 Å². The number of rotatable bonds is 8. The highest BCUT2D eigenvalue weighted by Gasteiger charge is 2.22. The van der Waals surface area contributed by atoms with Gasteiger partial charge in [0.25, 0.3) is 0 Å². The average Bonchev–Trinajstić information content (AvgIpc) is 2.96. The van der Waals surface area contributed by atoms with Gasteiger partial charge in [0.15, 0.2) is 5.96 Å². The van der Waals surface area contributed by atoms with Gasteiger partial charge in [-0.15, -0.1) is 0 Å². The van der Waals surface area contributed by atoms with E-state index in [9.17, 15) is 0 Å². The van der Waals surface area contributed by atoms with Crippen molar-refractivity contribution in [3.63, 3.8) is 0 Å². The highest BCUT2D eigenvalue weighted by molar-refractivity contribution is 5.79. The maximum atomic E-state index is 5.91. The summed E-state index contributed by atoms with van der Waals surface area (Å²) in [5, 5.41) is 6.67. The Morgan fingerprint density at radius 2 is 2.14 bits per heavy atom. The van der Waals surface area contributed by atoms with Gasteiger partial charge in [-0.25, -0.2) is 0 Å². The molecule has 5 heteroatoms. The smallest absolute Gasteiger partial charge is 0.191 e. The van der Waals surface area contributed by atoms with Crippen LogP contribution < -0.4 is 15.4 Å². The highest BCUT2D eigenvalue weighted by atomic mass is 16.5. The predicted octanol–water partition coefficient (Wildman–Crippen LogP) is 1.97. The summed E-state index contributed by atoms with van der Waals surface area (Å²) in [7, 11) is 3.54. The summed E-state index contributed by atoms with van der Waals surface area (Å²) in [4.78, 5) is 4.25. The Morgan fingerprint density at radius 1 is 1.27 bits per heavy atom. The van der Waals surface area contributed by atoms with Crippen LogP contribution in [-0.2, 0) is 11.2 Å². The van der Waals surface area contributed by atoms with Gasteiger partial charge in [0, 0.05) is 33.7 Å². The molecule has 0 saturated carbocycles. The molecule has 5 nitrogen and oxygen atoms in total. The van der Waals surface area contributed by atoms with Crippen molar-refractivity contribution in [2.45, 2.75) is 31.8 Å². The largest absolute Gasteiger partial charge is 0.488 e. The zero-order chi connectivity index (χ0) is 15.6. The molecule has 0 spiro atoms. The first-order valence-corrected chi connectivity index (χ1v) is 8.01. The molecule has 122 valence electrons. The molecule has 0 saturated heterocycles. The number of unbranched alkanes of at least 4 members (excludes halogenated alkanes) is 2. The summed E-state index contributed by atoms with van der Waals surface area (Å²) >= 11 is 0. The molecular formula is C17H27N3O2. The Labute approximate surface area is 133 Å². The molecule has 1 unspecified atom stereocenters. The van der Waals surface area contributed by atoms with Crippen molar-refractivity contribution in [3.8, 4) is 5.75 Å². The van der Waals surface area contributed by atoms with E-state index in [0.29, 0.717) is 0 Å². The van der Waals surface area contributed by atoms with Crippen LogP contribution in [0.2, 0.25) is 0 Å². The Balaban J connectivity index is 1.61. The summed E-state index contributed by atoms with van der Waals surface area (Å²) in [5.74, 6) is 1.85. The summed E-state index contributed by atoms with van der Waals surface area (Å²) in [5.41, 5.74) is 1.29. The molecule has 1 heterocycles. The topological polar surface area (TPSA) is 54.9 Å². The molecule has 1 aliphatic rings. The molecule has 0 fully saturated rings. The Morgan fingerprint density at radius 3 is 2.91 bits per heavy atom. The lowest BCUT2D eigenvalue weighted by molar-refractivity contribution is 0.192. The van der Waals surface area contributed by atoms with Crippen molar-refractivity contribution in [1.29, 1.82) is 0 Å². The van der Waals surface area contributed by atoms with Crippen LogP contribution in [0, 0.1) is 0 Å². The van der Waals surface area contributed by atoms with Crippen molar-refractivity contribution >= 4 is 5.96 Å². The summed E-state index contributed by atoms with van der Waals surface area (Å²) in [6.45, 7) is 2.53. The maximum Gasteiger partial charge on any atom is 0.191 e. The van der Waals surface area contributed by atoms with E-state index in [1.165, 1.54) is 12.0 Å². The van der Waals surface area contributed by atoms with Gasteiger partial charge in [0.05, 0.1) is 6.54 Å². The first-order valence-electron chi connectivity index (χ1n) is 8.01. The molecule has 0 amide bonds. The zero-order valence-corrected chi connectivity index (χ0v) is 13.6. The number of methoxy groups -OCH3 is 1. The number of hydrogen-bond donors (Lipinski definition) is 2. The van der Waals surface area contributed by atoms with Crippen LogP contribution in [0.15, 0.2) is 29.3 Å². The van der Waals surface area contributed by atoms with Crippen LogP contribution in [0.3, 0.4) is 0 Å². The fourth-order valence-corrected chi connectivity index (χ4v) is 2.55.